The maximum atomic E-state index is 5.91. The van der Waals surface area contributed by atoms with Crippen molar-refractivity contribution in [2.24, 2.45) is 5.73 Å². The van der Waals surface area contributed by atoms with Crippen molar-refractivity contribution in [3.63, 3.8) is 0 Å². The van der Waals surface area contributed by atoms with E-state index >= 15 is 0 Å². The Kier molecular flexibility index (Phi) is 4.99. The second kappa shape index (κ2) is 5.80. The van der Waals surface area contributed by atoms with Crippen LogP contribution in [0.3, 0.4) is 0 Å². The van der Waals surface area contributed by atoms with Crippen LogP contribution in [0.2, 0.25) is 0 Å². The van der Waals surface area contributed by atoms with Gasteiger partial charge in [0.25, 0.3) is 0 Å². The molecule has 2 N–H and O–H groups in total. The molecule has 0 amide bonds. The minimum absolute atomic E-state index is 0.0101. The van der Waals surface area contributed by atoms with E-state index in [9.17, 15) is 0 Å². The van der Waals surface area contributed by atoms with Crippen molar-refractivity contribution in [3.8, 4) is 0 Å². The van der Waals surface area contributed by atoms with Gasteiger partial charge in [-0.1, -0.05) is 0 Å². The quantitative estimate of drug-likeness (QED) is 0.725. The largest absolute Gasteiger partial charge is 0.383 e. The highest BCUT2D eigenvalue weighted by atomic mass is 16.5. The molecule has 1 heterocycles. The van der Waals surface area contributed by atoms with Crippen molar-refractivity contribution >= 4 is 0 Å². The summed E-state index contributed by atoms with van der Waals surface area (Å²) in [6, 6.07) is 0.375. The second-order valence-corrected chi connectivity index (χ2v) is 4.50. The van der Waals surface area contributed by atoms with E-state index < -0.39 is 0 Å². The Hall–Kier alpha value is -0.160. The molecule has 0 aromatic heterocycles. The maximum Gasteiger partial charge on any atom is 0.0662 e. The molecule has 2 atom stereocenters. The molecule has 4 heteroatoms. The van der Waals surface area contributed by atoms with Gasteiger partial charge in [0.1, 0.15) is 0 Å². The average molecular weight is 216 g/mol. The summed E-state index contributed by atoms with van der Waals surface area (Å²) >= 11 is 0. The van der Waals surface area contributed by atoms with Crippen LogP contribution in [0.4, 0.5) is 0 Å². The van der Waals surface area contributed by atoms with Crippen LogP contribution in [0.25, 0.3) is 0 Å². The van der Waals surface area contributed by atoms with E-state index in [0.717, 1.165) is 32.7 Å². The lowest BCUT2D eigenvalue weighted by Gasteiger charge is -2.46. The fourth-order valence-electron chi connectivity index (χ4n) is 2.24. The summed E-state index contributed by atoms with van der Waals surface area (Å²) < 4.78 is 10.7. The number of nitrogens with zero attached hydrogens (tertiary/aromatic N) is 1. The van der Waals surface area contributed by atoms with Crippen molar-refractivity contribution in [1.82, 2.24) is 4.90 Å². The number of hydrogen-bond acceptors (Lipinski definition) is 4. The van der Waals surface area contributed by atoms with Crippen LogP contribution in [-0.4, -0.2) is 57.0 Å². The first-order chi connectivity index (χ1) is 7.16. The van der Waals surface area contributed by atoms with Gasteiger partial charge in [-0.25, -0.2) is 0 Å². The van der Waals surface area contributed by atoms with E-state index in [-0.39, 0.29) is 5.54 Å². The first-order valence-corrected chi connectivity index (χ1v) is 5.66. The highest BCUT2D eigenvalue weighted by molar-refractivity contribution is 4.94. The van der Waals surface area contributed by atoms with Crippen LogP contribution in [0.5, 0.6) is 0 Å². The highest BCUT2D eigenvalue weighted by Crippen LogP contribution is 2.25. The molecule has 0 saturated carbocycles. The third-order valence-electron chi connectivity index (χ3n) is 3.50. The highest BCUT2D eigenvalue weighted by Gasteiger charge is 2.37. The molecule has 0 spiro atoms. The molecule has 0 bridgehead atoms. The van der Waals surface area contributed by atoms with Gasteiger partial charge in [0.2, 0.25) is 0 Å². The Balaban J connectivity index is 2.62. The molecule has 1 rings (SSSR count). The van der Waals surface area contributed by atoms with Crippen LogP contribution in [0.1, 0.15) is 19.8 Å². The Morgan fingerprint density at radius 1 is 1.60 bits per heavy atom. The first-order valence-electron chi connectivity index (χ1n) is 5.66. The number of rotatable bonds is 5. The summed E-state index contributed by atoms with van der Waals surface area (Å²) in [6.45, 7) is 5.16. The number of likely N-dealkylation sites (N-methyl/N-ethyl adjacent to an activating group) is 1. The SMILES string of the molecule is COCC(C)N(C)C1(CN)CCCOC1. The minimum atomic E-state index is 0.0101. The lowest BCUT2D eigenvalue weighted by Crippen LogP contribution is -2.60. The van der Waals surface area contributed by atoms with Gasteiger partial charge in [-0.05, 0) is 26.8 Å². The van der Waals surface area contributed by atoms with Crippen LogP contribution < -0.4 is 5.73 Å². The molecular weight excluding hydrogens is 192 g/mol. The molecule has 1 fully saturated rings. The normalized spacial score (nSPS) is 29.4. The fraction of sp³-hybridized carbons (Fsp3) is 1.00. The molecule has 0 aliphatic carbocycles. The van der Waals surface area contributed by atoms with Gasteiger partial charge < -0.3 is 15.2 Å². The molecular formula is C11H24N2O2. The van der Waals surface area contributed by atoms with E-state index in [1.54, 1.807) is 7.11 Å². The lowest BCUT2D eigenvalue weighted by atomic mass is 9.89. The summed E-state index contributed by atoms with van der Waals surface area (Å²) in [5.74, 6) is 0. The van der Waals surface area contributed by atoms with E-state index in [4.69, 9.17) is 15.2 Å². The van der Waals surface area contributed by atoms with E-state index in [0.29, 0.717) is 12.6 Å². The Morgan fingerprint density at radius 2 is 2.33 bits per heavy atom. The van der Waals surface area contributed by atoms with E-state index in [1.807, 2.05) is 0 Å². The summed E-state index contributed by atoms with van der Waals surface area (Å²) in [4.78, 5) is 2.32. The molecule has 1 aliphatic rings. The molecule has 15 heavy (non-hydrogen) atoms. The van der Waals surface area contributed by atoms with Gasteiger partial charge in [0.05, 0.1) is 18.8 Å². The molecule has 0 radical (unpaired) electrons. The van der Waals surface area contributed by atoms with Crippen LogP contribution in [0.15, 0.2) is 0 Å². The molecule has 90 valence electrons. The molecule has 1 saturated heterocycles. The summed E-state index contributed by atoms with van der Waals surface area (Å²) in [5, 5.41) is 0. The van der Waals surface area contributed by atoms with Crippen LogP contribution >= 0.6 is 0 Å². The maximum absolute atomic E-state index is 5.91. The zero-order chi connectivity index (χ0) is 11.3. The predicted octanol–water partition coefficient (Wildman–Crippen LogP) is 0.461. The van der Waals surface area contributed by atoms with Crippen molar-refractivity contribution in [2.45, 2.75) is 31.3 Å². The lowest BCUT2D eigenvalue weighted by molar-refractivity contribution is -0.0583. The Morgan fingerprint density at radius 3 is 2.80 bits per heavy atom. The van der Waals surface area contributed by atoms with Crippen LogP contribution in [-0.2, 0) is 9.47 Å². The zero-order valence-electron chi connectivity index (χ0n) is 10.2. The van der Waals surface area contributed by atoms with Crippen molar-refractivity contribution < 1.29 is 9.47 Å². The summed E-state index contributed by atoms with van der Waals surface area (Å²) in [6.07, 6.45) is 2.22. The van der Waals surface area contributed by atoms with E-state index in [1.165, 1.54) is 0 Å². The number of hydrogen-bond donors (Lipinski definition) is 1. The van der Waals surface area contributed by atoms with Gasteiger partial charge in [0, 0.05) is 26.3 Å². The smallest absolute Gasteiger partial charge is 0.0662 e. The standard InChI is InChI=1S/C11H24N2O2/c1-10(7-14-3)13(2)11(8-12)5-4-6-15-9-11/h10H,4-9,12H2,1-3H3. The summed E-state index contributed by atoms with van der Waals surface area (Å²) in [7, 11) is 3.85. The number of nitrogens with two attached hydrogens (primary N) is 1. The van der Waals surface area contributed by atoms with Crippen molar-refractivity contribution in [2.75, 3.05) is 40.5 Å². The van der Waals surface area contributed by atoms with Gasteiger partial charge in [0.15, 0.2) is 0 Å². The van der Waals surface area contributed by atoms with Crippen molar-refractivity contribution in [1.29, 1.82) is 0 Å². The Labute approximate surface area is 92.7 Å². The van der Waals surface area contributed by atoms with Gasteiger partial charge in [-0.3, -0.25) is 4.90 Å². The molecule has 0 aromatic rings. The monoisotopic (exact) mass is 216 g/mol. The Bertz CT molecular complexity index is 181. The average Bonchev–Trinajstić information content (AvgIpc) is 2.29. The zero-order valence-corrected chi connectivity index (χ0v) is 10.2. The number of methoxy groups -OCH3 is 1. The molecule has 2 unspecified atom stereocenters. The number of ether oxygens (including phenoxy) is 2. The minimum Gasteiger partial charge on any atom is -0.383 e. The second-order valence-electron chi connectivity index (χ2n) is 4.50. The van der Waals surface area contributed by atoms with Gasteiger partial charge in [-0.2, -0.15) is 0 Å². The topological polar surface area (TPSA) is 47.7 Å². The predicted molar refractivity (Wildman–Crippen MR) is 60.9 cm³/mol. The molecule has 4 nitrogen and oxygen atoms in total. The van der Waals surface area contributed by atoms with Crippen molar-refractivity contribution in [3.05, 3.63) is 0 Å². The first kappa shape index (κ1) is 12.9. The summed E-state index contributed by atoms with van der Waals surface area (Å²) in [5.41, 5.74) is 5.92. The van der Waals surface area contributed by atoms with Crippen LogP contribution in [0, 0.1) is 0 Å². The third-order valence-corrected chi connectivity index (χ3v) is 3.50. The fourth-order valence-corrected chi connectivity index (χ4v) is 2.24. The third kappa shape index (κ3) is 2.91. The van der Waals surface area contributed by atoms with Gasteiger partial charge >= 0.3 is 0 Å². The van der Waals surface area contributed by atoms with Gasteiger partial charge in [-0.15, -0.1) is 0 Å². The van der Waals surface area contributed by atoms with E-state index in [2.05, 4.69) is 18.9 Å². The molecule has 1 aliphatic heterocycles. The molecule has 0 aromatic carbocycles.